The van der Waals surface area contributed by atoms with Crippen molar-refractivity contribution in [3.8, 4) is 0 Å². The summed E-state index contributed by atoms with van der Waals surface area (Å²) in [5.74, 6) is 1.23. The third-order valence-electron chi connectivity index (χ3n) is 4.43. The van der Waals surface area contributed by atoms with Crippen LogP contribution in [-0.4, -0.2) is 46.1 Å². The normalized spacial score (nSPS) is 18.1. The molecule has 0 amide bonds. The maximum absolute atomic E-state index is 14.5. The molecular formula is C16H18F2N6. The lowest BCUT2D eigenvalue weighted by Gasteiger charge is -2.35. The number of anilines is 2. The molecule has 24 heavy (non-hydrogen) atoms. The van der Waals surface area contributed by atoms with E-state index in [4.69, 9.17) is 0 Å². The molecule has 3 heterocycles. The van der Waals surface area contributed by atoms with Crippen molar-refractivity contribution in [3.63, 3.8) is 0 Å². The summed E-state index contributed by atoms with van der Waals surface area (Å²) in [7, 11) is 0. The molecule has 8 heteroatoms. The van der Waals surface area contributed by atoms with Gasteiger partial charge < -0.3 is 9.80 Å². The van der Waals surface area contributed by atoms with Crippen molar-refractivity contribution < 1.29 is 8.78 Å². The third-order valence-corrected chi connectivity index (χ3v) is 4.43. The highest BCUT2D eigenvalue weighted by Gasteiger charge is 2.30. The van der Waals surface area contributed by atoms with Crippen molar-refractivity contribution in [1.29, 1.82) is 0 Å². The Morgan fingerprint density at radius 3 is 2.21 bits per heavy atom. The second-order valence-electron chi connectivity index (χ2n) is 6.25. The van der Waals surface area contributed by atoms with Crippen LogP contribution in [0.1, 0.15) is 30.3 Å². The monoisotopic (exact) mass is 332 g/mol. The van der Waals surface area contributed by atoms with Crippen LogP contribution in [0.2, 0.25) is 0 Å². The molecule has 1 saturated heterocycles. The summed E-state index contributed by atoms with van der Waals surface area (Å²) < 4.78 is 27.4. The largest absolute Gasteiger partial charge is 0.351 e. The Bertz CT molecular complexity index is 739. The first-order valence-electron chi connectivity index (χ1n) is 8.13. The predicted molar refractivity (Wildman–Crippen MR) is 85.1 cm³/mol. The first kappa shape index (κ1) is 15.2. The number of rotatable bonds is 3. The number of halogens is 2. The average molecular weight is 332 g/mol. The Hall–Kier alpha value is -2.38. The fourth-order valence-electron chi connectivity index (χ4n) is 2.89. The third kappa shape index (κ3) is 2.88. The molecule has 0 unspecified atom stereocenters. The van der Waals surface area contributed by atoms with E-state index in [1.807, 2.05) is 9.80 Å². The van der Waals surface area contributed by atoms with E-state index in [9.17, 15) is 8.78 Å². The van der Waals surface area contributed by atoms with Crippen LogP contribution in [-0.2, 0) is 0 Å². The SMILES string of the molecule is Cc1nc(C2CC2)nc(N2CCN(c3ncc(F)cn3)CC2)c1F. The molecule has 4 rings (SSSR count). The van der Waals surface area contributed by atoms with E-state index < -0.39 is 5.82 Å². The van der Waals surface area contributed by atoms with Crippen molar-refractivity contribution in [2.75, 3.05) is 36.0 Å². The molecule has 0 atom stereocenters. The van der Waals surface area contributed by atoms with Gasteiger partial charge >= 0.3 is 0 Å². The van der Waals surface area contributed by atoms with E-state index >= 15 is 0 Å². The molecule has 6 nitrogen and oxygen atoms in total. The molecule has 0 radical (unpaired) electrons. The van der Waals surface area contributed by atoms with Crippen molar-refractivity contribution in [2.24, 2.45) is 0 Å². The smallest absolute Gasteiger partial charge is 0.225 e. The minimum atomic E-state index is -0.455. The fourth-order valence-corrected chi connectivity index (χ4v) is 2.89. The van der Waals surface area contributed by atoms with Crippen LogP contribution in [0, 0.1) is 18.6 Å². The minimum Gasteiger partial charge on any atom is -0.351 e. The maximum Gasteiger partial charge on any atom is 0.225 e. The number of nitrogens with zero attached hydrogens (tertiary/aromatic N) is 6. The molecule has 0 N–H and O–H groups in total. The molecule has 0 bridgehead atoms. The molecule has 1 aliphatic heterocycles. The summed E-state index contributed by atoms with van der Waals surface area (Å²) in [4.78, 5) is 20.7. The van der Waals surface area contributed by atoms with Gasteiger partial charge in [-0.15, -0.1) is 0 Å². The number of aryl methyl sites for hydroxylation is 1. The van der Waals surface area contributed by atoms with Crippen molar-refractivity contribution in [1.82, 2.24) is 19.9 Å². The maximum atomic E-state index is 14.5. The lowest BCUT2D eigenvalue weighted by Crippen LogP contribution is -2.47. The van der Waals surface area contributed by atoms with Gasteiger partial charge in [0.2, 0.25) is 5.95 Å². The zero-order chi connectivity index (χ0) is 16.7. The van der Waals surface area contributed by atoms with E-state index in [0.717, 1.165) is 31.1 Å². The van der Waals surface area contributed by atoms with Gasteiger partial charge in [0.15, 0.2) is 17.5 Å². The van der Waals surface area contributed by atoms with Crippen LogP contribution in [0.25, 0.3) is 0 Å². The number of hydrogen-bond acceptors (Lipinski definition) is 6. The van der Waals surface area contributed by atoms with Crippen LogP contribution >= 0.6 is 0 Å². The lowest BCUT2D eigenvalue weighted by atomic mass is 10.2. The molecule has 2 aromatic rings. The van der Waals surface area contributed by atoms with Crippen molar-refractivity contribution in [3.05, 3.63) is 35.5 Å². The average Bonchev–Trinajstić information content (AvgIpc) is 3.43. The Labute approximate surface area is 138 Å². The molecule has 0 spiro atoms. The molecular weight excluding hydrogens is 314 g/mol. The standard InChI is InChI=1S/C16H18F2N6/c1-10-13(18)15(22-14(21-10)11-2-3-11)23-4-6-24(7-5-23)16-19-8-12(17)9-20-16/h8-9,11H,2-7H2,1H3. The van der Waals surface area contributed by atoms with Crippen LogP contribution in [0.15, 0.2) is 12.4 Å². The van der Waals surface area contributed by atoms with Gasteiger partial charge in [-0.3, -0.25) is 0 Å². The van der Waals surface area contributed by atoms with Gasteiger partial charge in [-0.05, 0) is 19.8 Å². The van der Waals surface area contributed by atoms with E-state index in [1.54, 1.807) is 6.92 Å². The second-order valence-corrected chi connectivity index (χ2v) is 6.25. The second kappa shape index (κ2) is 5.92. The Balaban J connectivity index is 1.50. The molecule has 1 saturated carbocycles. The van der Waals surface area contributed by atoms with E-state index in [1.165, 1.54) is 0 Å². The minimum absolute atomic E-state index is 0.342. The van der Waals surface area contributed by atoms with E-state index in [0.29, 0.717) is 49.6 Å². The van der Waals surface area contributed by atoms with Gasteiger partial charge in [0, 0.05) is 32.1 Å². The summed E-state index contributed by atoms with van der Waals surface area (Å²) in [5.41, 5.74) is 0.409. The molecule has 2 fully saturated rings. The van der Waals surface area contributed by atoms with Gasteiger partial charge in [0.05, 0.1) is 18.1 Å². The van der Waals surface area contributed by atoms with Gasteiger partial charge in [0.1, 0.15) is 5.82 Å². The zero-order valence-electron chi connectivity index (χ0n) is 13.4. The quantitative estimate of drug-likeness (QED) is 0.857. The molecule has 0 aromatic carbocycles. The van der Waals surface area contributed by atoms with Crippen molar-refractivity contribution >= 4 is 11.8 Å². The summed E-state index contributed by atoms with van der Waals surface area (Å²) in [5, 5.41) is 0. The van der Waals surface area contributed by atoms with Gasteiger partial charge in [-0.1, -0.05) is 0 Å². The zero-order valence-corrected chi connectivity index (χ0v) is 13.4. The molecule has 1 aliphatic carbocycles. The molecule has 2 aliphatic rings. The van der Waals surface area contributed by atoms with Crippen LogP contribution < -0.4 is 9.80 Å². The molecule has 2 aromatic heterocycles. The van der Waals surface area contributed by atoms with Crippen LogP contribution in [0.5, 0.6) is 0 Å². The Kier molecular flexibility index (Phi) is 3.74. The summed E-state index contributed by atoms with van der Waals surface area (Å²) in [6.45, 7) is 4.17. The Morgan fingerprint density at radius 2 is 1.58 bits per heavy atom. The predicted octanol–water partition coefficient (Wildman–Crippen LogP) is 2.06. The van der Waals surface area contributed by atoms with Crippen LogP contribution in [0.4, 0.5) is 20.5 Å². The van der Waals surface area contributed by atoms with E-state index in [-0.39, 0.29) is 5.82 Å². The highest BCUT2D eigenvalue weighted by Crippen LogP contribution is 2.39. The fraction of sp³-hybridized carbons (Fsp3) is 0.500. The summed E-state index contributed by atoms with van der Waals surface area (Å²) >= 11 is 0. The number of aromatic nitrogens is 4. The van der Waals surface area contributed by atoms with E-state index in [2.05, 4.69) is 19.9 Å². The summed E-state index contributed by atoms with van der Waals surface area (Å²) in [6.07, 6.45) is 4.48. The first-order valence-corrected chi connectivity index (χ1v) is 8.13. The Morgan fingerprint density at radius 1 is 0.958 bits per heavy atom. The number of piperazine rings is 1. The highest BCUT2D eigenvalue weighted by molar-refractivity contribution is 5.45. The first-order chi connectivity index (χ1) is 11.6. The summed E-state index contributed by atoms with van der Waals surface area (Å²) in [6, 6.07) is 0. The highest BCUT2D eigenvalue weighted by atomic mass is 19.1. The lowest BCUT2D eigenvalue weighted by molar-refractivity contribution is 0.565. The van der Waals surface area contributed by atoms with Gasteiger partial charge in [0.25, 0.3) is 0 Å². The van der Waals surface area contributed by atoms with Gasteiger partial charge in [-0.2, -0.15) is 0 Å². The van der Waals surface area contributed by atoms with Crippen LogP contribution in [0.3, 0.4) is 0 Å². The van der Waals surface area contributed by atoms with Gasteiger partial charge in [-0.25, -0.2) is 28.7 Å². The number of hydrogen-bond donors (Lipinski definition) is 0. The molecule has 126 valence electrons. The topological polar surface area (TPSA) is 58.0 Å². The van der Waals surface area contributed by atoms with Crippen molar-refractivity contribution in [2.45, 2.75) is 25.7 Å².